The first-order valence-corrected chi connectivity index (χ1v) is 9.55. The van der Waals surface area contributed by atoms with Gasteiger partial charge in [0.1, 0.15) is 10.6 Å². The van der Waals surface area contributed by atoms with Crippen molar-refractivity contribution in [2.45, 2.75) is 4.90 Å². The first-order valence-electron chi connectivity index (χ1n) is 7.25. The molecule has 0 aliphatic rings. The third-order valence-corrected chi connectivity index (χ3v) is 4.83. The van der Waals surface area contributed by atoms with E-state index in [4.69, 9.17) is 37.8 Å². The van der Waals surface area contributed by atoms with Crippen molar-refractivity contribution in [1.29, 1.82) is 0 Å². The van der Waals surface area contributed by atoms with Crippen molar-refractivity contribution in [3.8, 4) is 5.75 Å². The number of ether oxygens (including phenoxy) is 2. The zero-order valence-electron chi connectivity index (χ0n) is 13.9. The third kappa shape index (κ3) is 5.33. The molecule has 2 aromatic rings. The van der Waals surface area contributed by atoms with Crippen molar-refractivity contribution in [3.63, 3.8) is 0 Å². The number of hydrogen-bond donors (Lipinski definition) is 2. The summed E-state index contributed by atoms with van der Waals surface area (Å²) >= 11 is 11.9. The second-order valence-electron chi connectivity index (χ2n) is 5.13. The molecule has 1 amide bonds. The topological polar surface area (TPSA) is 125 Å². The molecule has 0 atom stereocenters. The first-order chi connectivity index (χ1) is 12.6. The minimum Gasteiger partial charge on any atom is -0.495 e. The van der Waals surface area contributed by atoms with Crippen LogP contribution < -0.4 is 15.2 Å². The van der Waals surface area contributed by atoms with E-state index in [9.17, 15) is 18.0 Å². The van der Waals surface area contributed by atoms with Gasteiger partial charge in [0.15, 0.2) is 6.61 Å². The Morgan fingerprint density at radius 3 is 2.33 bits per heavy atom. The molecular weight excluding hydrogens is 419 g/mol. The van der Waals surface area contributed by atoms with Crippen molar-refractivity contribution in [1.82, 2.24) is 0 Å². The van der Waals surface area contributed by atoms with Crippen LogP contribution in [0.5, 0.6) is 5.75 Å². The molecule has 0 heterocycles. The summed E-state index contributed by atoms with van der Waals surface area (Å²) in [7, 11) is -2.87. The van der Waals surface area contributed by atoms with Gasteiger partial charge in [-0.2, -0.15) is 0 Å². The van der Waals surface area contributed by atoms with E-state index in [2.05, 4.69) is 5.32 Å². The molecule has 0 aliphatic heterocycles. The van der Waals surface area contributed by atoms with E-state index < -0.39 is 28.5 Å². The highest BCUT2D eigenvalue weighted by Gasteiger charge is 2.19. The van der Waals surface area contributed by atoms with Gasteiger partial charge in [0.05, 0.1) is 28.4 Å². The van der Waals surface area contributed by atoms with Gasteiger partial charge in [0.25, 0.3) is 5.91 Å². The van der Waals surface area contributed by atoms with Crippen LogP contribution in [-0.4, -0.2) is 34.0 Å². The number of benzene rings is 2. The second kappa shape index (κ2) is 8.57. The zero-order valence-corrected chi connectivity index (χ0v) is 16.2. The van der Waals surface area contributed by atoms with Crippen LogP contribution in [0.4, 0.5) is 5.69 Å². The molecule has 27 heavy (non-hydrogen) atoms. The van der Waals surface area contributed by atoms with Gasteiger partial charge < -0.3 is 14.8 Å². The molecule has 0 saturated heterocycles. The Kier molecular flexibility index (Phi) is 6.66. The number of nitrogens with two attached hydrogens (primary N) is 1. The van der Waals surface area contributed by atoms with E-state index in [0.717, 1.165) is 6.07 Å². The number of amides is 1. The average Bonchev–Trinajstić information content (AvgIpc) is 2.61. The standard InChI is InChI=1S/C16H14Cl2N2O6S/c1-25-12-6-5-9(7-13(12)27(19,23)24)16(22)26-8-14(21)20-15-10(17)3-2-4-11(15)18/h2-7H,8H2,1H3,(H,20,21)(H2,19,23,24). The summed E-state index contributed by atoms with van der Waals surface area (Å²) in [5.41, 5.74) is 0.0613. The molecule has 3 N–H and O–H groups in total. The molecule has 2 rings (SSSR count). The number of hydrogen-bond acceptors (Lipinski definition) is 6. The number of sulfonamides is 1. The van der Waals surface area contributed by atoms with Gasteiger partial charge in [-0.15, -0.1) is 0 Å². The number of rotatable bonds is 6. The van der Waals surface area contributed by atoms with Crippen molar-refractivity contribution in [3.05, 3.63) is 52.0 Å². The fraction of sp³-hybridized carbons (Fsp3) is 0.125. The van der Waals surface area contributed by atoms with E-state index in [-0.39, 0.29) is 31.9 Å². The van der Waals surface area contributed by atoms with Crippen LogP contribution in [-0.2, 0) is 19.6 Å². The van der Waals surface area contributed by atoms with Gasteiger partial charge >= 0.3 is 5.97 Å². The lowest BCUT2D eigenvalue weighted by molar-refractivity contribution is -0.119. The lowest BCUT2D eigenvalue weighted by Gasteiger charge is -2.11. The summed E-state index contributed by atoms with van der Waals surface area (Å²) < 4.78 is 32.9. The summed E-state index contributed by atoms with van der Waals surface area (Å²) in [5.74, 6) is -1.64. The summed E-state index contributed by atoms with van der Waals surface area (Å²) in [5, 5.41) is 7.95. The minimum absolute atomic E-state index is 0.0276. The van der Waals surface area contributed by atoms with Gasteiger partial charge in [0, 0.05) is 0 Å². The van der Waals surface area contributed by atoms with E-state index in [1.54, 1.807) is 6.07 Å². The maximum atomic E-state index is 12.1. The van der Waals surface area contributed by atoms with E-state index in [1.165, 1.54) is 31.4 Å². The number of methoxy groups -OCH3 is 1. The Hall–Kier alpha value is -2.33. The number of carbonyl (C=O) groups excluding carboxylic acids is 2. The van der Waals surface area contributed by atoms with E-state index >= 15 is 0 Å². The fourth-order valence-electron chi connectivity index (χ4n) is 2.03. The van der Waals surface area contributed by atoms with Gasteiger partial charge in [-0.25, -0.2) is 18.4 Å². The van der Waals surface area contributed by atoms with Gasteiger partial charge in [-0.1, -0.05) is 29.3 Å². The normalized spacial score (nSPS) is 11.0. The predicted octanol–water partition coefficient (Wildman–Crippen LogP) is 2.44. The number of para-hydroxylation sites is 1. The van der Waals surface area contributed by atoms with Crippen LogP contribution in [0, 0.1) is 0 Å². The molecule has 0 bridgehead atoms. The first kappa shape index (κ1) is 21.0. The molecule has 0 fully saturated rings. The van der Waals surface area contributed by atoms with Crippen molar-refractivity contribution in [2.24, 2.45) is 5.14 Å². The number of primary sulfonamides is 1. The Morgan fingerprint density at radius 2 is 1.78 bits per heavy atom. The van der Waals surface area contributed by atoms with Crippen LogP contribution in [0.3, 0.4) is 0 Å². The van der Waals surface area contributed by atoms with Gasteiger partial charge in [-0.3, -0.25) is 4.79 Å². The van der Waals surface area contributed by atoms with E-state index in [1.807, 2.05) is 0 Å². The summed E-state index contributed by atoms with van der Waals surface area (Å²) in [4.78, 5) is 23.6. The molecular formula is C16H14Cl2N2O6S. The number of anilines is 1. The Balaban J connectivity index is 2.09. The van der Waals surface area contributed by atoms with Gasteiger partial charge in [0.2, 0.25) is 10.0 Å². The molecule has 0 aromatic heterocycles. The molecule has 0 saturated carbocycles. The minimum atomic E-state index is -4.12. The number of carbonyl (C=O) groups is 2. The van der Waals surface area contributed by atoms with Crippen LogP contribution >= 0.6 is 23.2 Å². The van der Waals surface area contributed by atoms with E-state index in [0.29, 0.717) is 0 Å². The molecule has 2 aromatic carbocycles. The lowest BCUT2D eigenvalue weighted by Crippen LogP contribution is -2.21. The van der Waals surface area contributed by atoms with Crippen LogP contribution in [0.2, 0.25) is 10.0 Å². The molecule has 0 radical (unpaired) electrons. The second-order valence-corrected chi connectivity index (χ2v) is 7.48. The highest BCUT2D eigenvalue weighted by molar-refractivity contribution is 7.89. The quantitative estimate of drug-likeness (QED) is 0.675. The maximum Gasteiger partial charge on any atom is 0.338 e. The number of esters is 1. The predicted molar refractivity (Wildman–Crippen MR) is 99.7 cm³/mol. The molecule has 0 unspecified atom stereocenters. The maximum absolute atomic E-state index is 12.1. The number of nitrogens with one attached hydrogen (secondary N) is 1. The summed E-state index contributed by atoms with van der Waals surface area (Å²) in [6.45, 7) is -0.642. The molecule has 0 spiro atoms. The van der Waals surface area contributed by atoms with Crippen LogP contribution in [0.1, 0.15) is 10.4 Å². The Bertz CT molecular complexity index is 974. The number of halogens is 2. The molecule has 8 nitrogen and oxygen atoms in total. The van der Waals surface area contributed by atoms with Crippen molar-refractivity contribution >= 4 is 50.8 Å². The SMILES string of the molecule is COc1ccc(C(=O)OCC(=O)Nc2c(Cl)cccc2Cl)cc1S(N)(=O)=O. The Labute approximate surface area is 165 Å². The molecule has 0 aliphatic carbocycles. The zero-order chi connectivity index (χ0) is 20.2. The smallest absolute Gasteiger partial charge is 0.338 e. The molecule has 144 valence electrons. The third-order valence-electron chi connectivity index (χ3n) is 3.27. The summed E-state index contributed by atoms with van der Waals surface area (Å²) in [6, 6.07) is 8.19. The van der Waals surface area contributed by atoms with Gasteiger partial charge in [-0.05, 0) is 30.3 Å². The fourth-order valence-corrected chi connectivity index (χ4v) is 3.25. The summed E-state index contributed by atoms with van der Waals surface area (Å²) in [6.07, 6.45) is 0. The largest absolute Gasteiger partial charge is 0.495 e. The van der Waals surface area contributed by atoms with Crippen LogP contribution in [0.25, 0.3) is 0 Å². The van der Waals surface area contributed by atoms with Crippen LogP contribution in [0.15, 0.2) is 41.3 Å². The highest BCUT2D eigenvalue weighted by atomic mass is 35.5. The average molecular weight is 433 g/mol. The molecule has 11 heteroatoms. The van der Waals surface area contributed by atoms with Crippen molar-refractivity contribution in [2.75, 3.05) is 19.0 Å². The monoisotopic (exact) mass is 432 g/mol. The van der Waals surface area contributed by atoms with Crippen molar-refractivity contribution < 1.29 is 27.5 Å². The highest BCUT2D eigenvalue weighted by Crippen LogP contribution is 2.29. The lowest BCUT2D eigenvalue weighted by atomic mass is 10.2. The Morgan fingerprint density at radius 1 is 1.15 bits per heavy atom.